The van der Waals surface area contributed by atoms with E-state index in [9.17, 15) is 24.0 Å². The van der Waals surface area contributed by atoms with E-state index in [0.717, 1.165) is 16.5 Å². The lowest BCUT2D eigenvalue weighted by atomic mass is 10.0. The molecule has 4 atom stereocenters. The molecule has 248 valence electrons. The number of imidazole rings is 1. The molecule has 0 unspecified atom stereocenters. The highest BCUT2D eigenvalue weighted by Crippen LogP contribution is 2.19. The second kappa shape index (κ2) is 16.6. The van der Waals surface area contributed by atoms with Gasteiger partial charge >= 0.3 is 0 Å². The quantitative estimate of drug-likeness (QED) is 0.0493. The third kappa shape index (κ3) is 10.3. The van der Waals surface area contributed by atoms with Gasteiger partial charge in [-0.1, -0.05) is 32.0 Å². The molecule has 5 amide bonds. The second-order valence-electron chi connectivity index (χ2n) is 11.3. The summed E-state index contributed by atoms with van der Waals surface area (Å²) in [5.41, 5.74) is 18.8. The predicted molar refractivity (Wildman–Crippen MR) is 172 cm³/mol. The highest BCUT2D eigenvalue weighted by atomic mass is 16.2. The van der Waals surface area contributed by atoms with Gasteiger partial charge in [-0.3, -0.25) is 29.0 Å². The zero-order valence-electron chi connectivity index (χ0n) is 26.1. The molecule has 12 N–H and O–H groups in total. The van der Waals surface area contributed by atoms with Gasteiger partial charge in [0.15, 0.2) is 5.96 Å². The van der Waals surface area contributed by atoms with Gasteiger partial charge in [-0.2, -0.15) is 0 Å². The van der Waals surface area contributed by atoms with Gasteiger partial charge in [-0.15, -0.1) is 0 Å². The van der Waals surface area contributed by atoms with Crippen LogP contribution in [-0.2, 0) is 36.8 Å². The van der Waals surface area contributed by atoms with Crippen molar-refractivity contribution >= 4 is 46.4 Å². The summed E-state index contributed by atoms with van der Waals surface area (Å²) in [6.45, 7) is 4.92. The lowest BCUT2D eigenvalue weighted by Gasteiger charge is -2.27. The summed E-state index contributed by atoms with van der Waals surface area (Å²) in [6, 6.07) is 3.24. The van der Waals surface area contributed by atoms with Gasteiger partial charge in [-0.25, -0.2) is 4.98 Å². The maximum absolute atomic E-state index is 13.6. The average Bonchev–Trinajstić information content (AvgIpc) is 3.66. The first-order valence-electron chi connectivity index (χ1n) is 14.9. The number of nitrogens with zero attached hydrogens (tertiary/aromatic N) is 2. The average molecular weight is 638 g/mol. The standard InChI is InChI=1S/C30H43N11O5/c1-16(2)25(41-28(45)24(38-17(3)42)12-19-14-34-15-37-19)29(46)39-22(9-6-10-35-30(32)33)27(44)40-23(26(31)43)11-18-13-36-21-8-5-4-7-20(18)21/h4-5,7-8,13-16,22-25,36H,6,9-12H2,1-3H3,(H2,31,43)(H,34,37)(H,38,42)(H,39,46)(H,40,44)(H,41,45)(H4,32,33,35)/t22-,23-,24-,25-/m0/s1. The summed E-state index contributed by atoms with van der Waals surface area (Å²) < 4.78 is 0. The SMILES string of the molecule is CC(=O)N[C@@H](Cc1cnc[nH]1)C(=O)N[C@H](C(=O)N[C@@H](CCCN=C(N)N)C(=O)N[C@@H](Cc1c[nH]c2ccccc12)C(N)=O)C(C)C. The minimum Gasteiger partial charge on any atom is -0.370 e. The van der Waals surface area contributed by atoms with E-state index in [0.29, 0.717) is 12.1 Å². The number of para-hydroxylation sites is 1. The van der Waals surface area contributed by atoms with E-state index in [1.807, 2.05) is 24.3 Å². The van der Waals surface area contributed by atoms with Gasteiger partial charge in [-0.05, 0) is 30.4 Å². The first kappa shape index (κ1) is 35.1. The van der Waals surface area contributed by atoms with Crippen LogP contribution in [0.1, 0.15) is 44.9 Å². The fourth-order valence-electron chi connectivity index (χ4n) is 4.91. The number of carbonyl (C=O) groups excluding carboxylic acids is 5. The van der Waals surface area contributed by atoms with Crippen LogP contribution in [0.25, 0.3) is 10.9 Å². The first-order valence-corrected chi connectivity index (χ1v) is 14.9. The molecule has 16 nitrogen and oxygen atoms in total. The Morgan fingerprint density at radius 2 is 1.57 bits per heavy atom. The molecule has 2 aromatic heterocycles. The Morgan fingerprint density at radius 1 is 0.870 bits per heavy atom. The molecule has 0 bridgehead atoms. The maximum atomic E-state index is 13.6. The number of aliphatic imine (C=N–C) groups is 1. The van der Waals surface area contributed by atoms with Crippen LogP contribution in [0.5, 0.6) is 0 Å². The van der Waals surface area contributed by atoms with Crippen LogP contribution >= 0.6 is 0 Å². The summed E-state index contributed by atoms with van der Waals surface area (Å²) in [6.07, 6.45) is 5.37. The van der Waals surface area contributed by atoms with Gasteiger partial charge in [0.2, 0.25) is 29.5 Å². The number of hydrogen-bond acceptors (Lipinski definition) is 7. The zero-order valence-corrected chi connectivity index (χ0v) is 26.1. The number of benzene rings is 1. The monoisotopic (exact) mass is 637 g/mol. The number of rotatable bonds is 17. The van der Waals surface area contributed by atoms with Crippen molar-refractivity contribution in [2.45, 2.75) is 70.6 Å². The minimum absolute atomic E-state index is 0.110. The van der Waals surface area contributed by atoms with Crippen LogP contribution in [0.15, 0.2) is 48.0 Å². The number of H-pyrrole nitrogens is 2. The molecule has 0 spiro atoms. The molecular weight excluding hydrogens is 594 g/mol. The number of amides is 5. The highest BCUT2D eigenvalue weighted by Gasteiger charge is 2.32. The van der Waals surface area contributed by atoms with Crippen LogP contribution in [0.4, 0.5) is 0 Å². The molecule has 0 fully saturated rings. The number of nitrogens with one attached hydrogen (secondary N) is 6. The number of carbonyl (C=O) groups is 5. The lowest BCUT2D eigenvalue weighted by Crippen LogP contribution is -2.59. The van der Waals surface area contributed by atoms with E-state index in [1.165, 1.54) is 19.4 Å². The fourth-order valence-corrected chi connectivity index (χ4v) is 4.91. The number of nitrogens with two attached hydrogens (primary N) is 3. The van der Waals surface area contributed by atoms with Crippen LogP contribution in [0.3, 0.4) is 0 Å². The molecule has 2 heterocycles. The molecule has 0 aliphatic heterocycles. The summed E-state index contributed by atoms with van der Waals surface area (Å²) in [7, 11) is 0. The fraction of sp³-hybridized carbons (Fsp3) is 0.433. The Balaban J connectivity index is 1.77. The smallest absolute Gasteiger partial charge is 0.243 e. The Kier molecular flexibility index (Phi) is 12.7. The van der Waals surface area contributed by atoms with Crippen LogP contribution in [0.2, 0.25) is 0 Å². The molecule has 0 saturated carbocycles. The summed E-state index contributed by atoms with van der Waals surface area (Å²) >= 11 is 0. The highest BCUT2D eigenvalue weighted by molar-refractivity contribution is 5.95. The number of aromatic amines is 2. The molecule has 1 aromatic carbocycles. The van der Waals surface area contributed by atoms with E-state index in [1.54, 1.807) is 20.0 Å². The van der Waals surface area contributed by atoms with Gasteiger partial charge in [0, 0.05) is 55.3 Å². The largest absolute Gasteiger partial charge is 0.370 e. The first-order chi connectivity index (χ1) is 21.8. The molecule has 3 rings (SSSR count). The third-order valence-corrected chi connectivity index (χ3v) is 7.26. The number of primary amides is 1. The minimum atomic E-state index is -1.12. The molecular formula is C30H43N11O5. The van der Waals surface area contributed by atoms with Gasteiger partial charge in [0.05, 0.1) is 6.33 Å². The van der Waals surface area contributed by atoms with Gasteiger partial charge in [0.1, 0.15) is 24.2 Å². The van der Waals surface area contributed by atoms with E-state index in [4.69, 9.17) is 17.2 Å². The molecule has 0 radical (unpaired) electrons. The van der Waals surface area contributed by atoms with Gasteiger partial charge < -0.3 is 48.4 Å². The summed E-state index contributed by atoms with van der Waals surface area (Å²) in [5, 5.41) is 11.6. The van der Waals surface area contributed by atoms with Gasteiger partial charge in [0.25, 0.3) is 0 Å². The Hall–Kier alpha value is -5.41. The molecule has 0 saturated heterocycles. The van der Waals surface area contributed by atoms with Crippen LogP contribution in [0, 0.1) is 5.92 Å². The van der Waals surface area contributed by atoms with Crippen molar-refractivity contribution in [3.8, 4) is 0 Å². The van der Waals surface area contributed by atoms with Crippen molar-refractivity contribution in [2.75, 3.05) is 6.54 Å². The van der Waals surface area contributed by atoms with E-state index < -0.39 is 59.6 Å². The Morgan fingerprint density at radius 3 is 2.20 bits per heavy atom. The Bertz CT molecular complexity index is 1530. The van der Waals surface area contributed by atoms with Crippen LogP contribution in [-0.4, -0.2) is 81.2 Å². The summed E-state index contributed by atoms with van der Waals surface area (Å²) in [5.74, 6) is -3.59. The van der Waals surface area contributed by atoms with Crippen LogP contribution < -0.4 is 38.5 Å². The van der Waals surface area contributed by atoms with E-state index in [2.05, 4.69) is 41.2 Å². The van der Waals surface area contributed by atoms with Crippen molar-refractivity contribution in [1.29, 1.82) is 0 Å². The Labute approximate surface area is 266 Å². The molecule has 16 heteroatoms. The lowest BCUT2D eigenvalue weighted by molar-refractivity contribution is -0.135. The number of guanidine groups is 1. The number of aromatic nitrogens is 3. The number of hydrogen-bond donors (Lipinski definition) is 9. The van der Waals surface area contributed by atoms with Crippen molar-refractivity contribution in [1.82, 2.24) is 36.2 Å². The predicted octanol–water partition coefficient (Wildman–Crippen LogP) is -1.17. The van der Waals surface area contributed by atoms with E-state index >= 15 is 0 Å². The topological polar surface area (TPSA) is 268 Å². The van der Waals surface area contributed by atoms with Crippen molar-refractivity contribution in [3.63, 3.8) is 0 Å². The zero-order chi connectivity index (χ0) is 33.8. The second-order valence-corrected chi connectivity index (χ2v) is 11.3. The van der Waals surface area contributed by atoms with Crippen molar-refractivity contribution < 1.29 is 24.0 Å². The third-order valence-electron chi connectivity index (χ3n) is 7.26. The normalized spacial score (nSPS) is 13.7. The number of fused-ring (bicyclic) bond motifs is 1. The molecule has 46 heavy (non-hydrogen) atoms. The van der Waals surface area contributed by atoms with Crippen molar-refractivity contribution in [2.24, 2.45) is 28.1 Å². The molecule has 0 aliphatic rings. The maximum Gasteiger partial charge on any atom is 0.243 e. The molecule has 3 aromatic rings. The molecule has 0 aliphatic carbocycles. The van der Waals surface area contributed by atoms with Crippen molar-refractivity contribution in [3.05, 3.63) is 54.2 Å². The van der Waals surface area contributed by atoms with E-state index in [-0.39, 0.29) is 31.8 Å². The summed E-state index contributed by atoms with van der Waals surface area (Å²) in [4.78, 5) is 78.6.